The first-order valence-corrected chi connectivity index (χ1v) is 9.86. The third-order valence-electron chi connectivity index (χ3n) is 3.64. The standard InChI is InChI=1S/C17H13F2NO4S2/c18-12-6-5-11(9-13(12)19)17(21)20-10-15(14-3-1-7-24-14)26(22,23)16-4-2-8-25-16/h1-9,15H,10H2,(H,20,21)/t15-/m0/s1. The summed E-state index contributed by atoms with van der Waals surface area (Å²) < 4.78 is 57.3. The van der Waals surface area contributed by atoms with Crippen LogP contribution in [-0.2, 0) is 9.84 Å². The lowest BCUT2D eigenvalue weighted by molar-refractivity contribution is 0.0952. The molecule has 9 heteroatoms. The number of amides is 1. The highest BCUT2D eigenvalue weighted by atomic mass is 32.2. The van der Waals surface area contributed by atoms with Crippen molar-refractivity contribution < 1.29 is 26.4 Å². The zero-order valence-electron chi connectivity index (χ0n) is 13.2. The van der Waals surface area contributed by atoms with Crippen LogP contribution in [0.4, 0.5) is 8.78 Å². The lowest BCUT2D eigenvalue weighted by atomic mass is 10.2. The topological polar surface area (TPSA) is 76.4 Å². The lowest BCUT2D eigenvalue weighted by Crippen LogP contribution is -2.31. The Labute approximate surface area is 152 Å². The highest BCUT2D eigenvalue weighted by Crippen LogP contribution is 2.31. The van der Waals surface area contributed by atoms with E-state index in [0.717, 1.165) is 29.5 Å². The number of halogens is 2. The first kappa shape index (κ1) is 18.3. The molecule has 0 saturated heterocycles. The molecule has 0 unspecified atom stereocenters. The van der Waals surface area contributed by atoms with E-state index < -0.39 is 32.6 Å². The lowest BCUT2D eigenvalue weighted by Gasteiger charge is -2.15. The quantitative estimate of drug-likeness (QED) is 0.690. The fourth-order valence-corrected chi connectivity index (χ4v) is 5.12. The van der Waals surface area contributed by atoms with Crippen LogP contribution in [0.1, 0.15) is 21.4 Å². The summed E-state index contributed by atoms with van der Waals surface area (Å²) in [6.07, 6.45) is 1.34. The van der Waals surface area contributed by atoms with Crippen LogP contribution in [-0.4, -0.2) is 20.9 Å². The van der Waals surface area contributed by atoms with E-state index >= 15 is 0 Å². The van der Waals surface area contributed by atoms with Crippen molar-refractivity contribution in [3.05, 3.63) is 77.1 Å². The van der Waals surface area contributed by atoms with Crippen molar-refractivity contribution in [2.45, 2.75) is 9.46 Å². The van der Waals surface area contributed by atoms with Crippen molar-refractivity contribution in [1.82, 2.24) is 5.32 Å². The molecular formula is C17H13F2NO4S2. The molecule has 3 rings (SSSR count). The van der Waals surface area contributed by atoms with Crippen molar-refractivity contribution in [2.75, 3.05) is 6.54 Å². The van der Waals surface area contributed by atoms with Crippen LogP contribution in [0.2, 0.25) is 0 Å². The number of furan rings is 1. The van der Waals surface area contributed by atoms with Crippen molar-refractivity contribution in [3.63, 3.8) is 0 Å². The van der Waals surface area contributed by atoms with Crippen molar-refractivity contribution >= 4 is 27.1 Å². The zero-order valence-corrected chi connectivity index (χ0v) is 14.8. The second-order valence-electron chi connectivity index (χ2n) is 5.32. The van der Waals surface area contributed by atoms with E-state index in [1.807, 2.05) is 0 Å². The van der Waals surface area contributed by atoms with E-state index in [-0.39, 0.29) is 22.1 Å². The van der Waals surface area contributed by atoms with E-state index in [1.54, 1.807) is 17.5 Å². The fraction of sp³-hybridized carbons (Fsp3) is 0.118. The van der Waals surface area contributed by atoms with Gasteiger partial charge in [0.1, 0.15) is 15.2 Å². The van der Waals surface area contributed by atoms with Gasteiger partial charge < -0.3 is 9.73 Å². The molecule has 0 saturated carbocycles. The molecule has 1 N–H and O–H groups in total. The van der Waals surface area contributed by atoms with Crippen molar-refractivity contribution in [2.24, 2.45) is 0 Å². The Morgan fingerprint density at radius 1 is 1.15 bits per heavy atom. The number of hydrogen-bond donors (Lipinski definition) is 1. The maximum Gasteiger partial charge on any atom is 0.251 e. The molecule has 26 heavy (non-hydrogen) atoms. The average molecular weight is 397 g/mol. The third kappa shape index (κ3) is 3.68. The molecule has 3 aromatic rings. The highest BCUT2D eigenvalue weighted by Gasteiger charge is 2.32. The van der Waals surface area contributed by atoms with Gasteiger partial charge in [-0.1, -0.05) is 6.07 Å². The normalized spacial score (nSPS) is 12.7. The molecule has 1 amide bonds. The molecule has 0 aliphatic carbocycles. The predicted molar refractivity (Wildman–Crippen MR) is 91.6 cm³/mol. The summed E-state index contributed by atoms with van der Waals surface area (Å²) in [5, 5.41) is 2.92. The highest BCUT2D eigenvalue weighted by molar-refractivity contribution is 7.93. The first-order valence-electron chi connectivity index (χ1n) is 7.43. The molecule has 1 aromatic carbocycles. The minimum Gasteiger partial charge on any atom is -0.468 e. The van der Waals surface area contributed by atoms with Crippen molar-refractivity contribution in [1.29, 1.82) is 0 Å². The SMILES string of the molecule is O=C(NC[C@@H](c1ccco1)S(=O)(=O)c1cccs1)c1ccc(F)c(F)c1. The monoisotopic (exact) mass is 397 g/mol. The molecule has 1 atom stereocenters. The minimum atomic E-state index is -3.80. The maximum atomic E-state index is 13.3. The van der Waals surface area contributed by atoms with Gasteiger partial charge in [0.2, 0.25) is 0 Å². The Bertz CT molecular complexity index is 1000. The molecule has 0 aliphatic heterocycles. The summed E-state index contributed by atoms with van der Waals surface area (Å²) >= 11 is 1.06. The van der Waals surface area contributed by atoms with Gasteiger partial charge in [-0.25, -0.2) is 17.2 Å². The summed E-state index contributed by atoms with van der Waals surface area (Å²) in [6.45, 7) is -0.286. The molecule has 0 spiro atoms. The second kappa shape index (κ2) is 7.38. The zero-order chi connectivity index (χ0) is 18.7. The van der Waals surface area contributed by atoms with E-state index in [1.165, 1.54) is 18.4 Å². The number of carbonyl (C=O) groups excluding carboxylic acids is 1. The van der Waals surface area contributed by atoms with Crippen LogP contribution in [0.5, 0.6) is 0 Å². The Morgan fingerprint density at radius 3 is 2.58 bits per heavy atom. The predicted octanol–water partition coefficient (Wildman–Crippen LogP) is 3.56. The van der Waals surface area contributed by atoms with Crippen LogP contribution in [0, 0.1) is 11.6 Å². The number of thiophene rings is 1. The molecule has 0 aliphatic rings. The average Bonchev–Trinajstić information content (AvgIpc) is 3.30. The van der Waals surface area contributed by atoms with Crippen LogP contribution >= 0.6 is 11.3 Å². The van der Waals surface area contributed by atoms with Gasteiger partial charge >= 0.3 is 0 Å². The molecule has 2 aromatic heterocycles. The fourth-order valence-electron chi connectivity index (χ4n) is 2.33. The molecule has 136 valence electrons. The maximum absolute atomic E-state index is 13.3. The van der Waals surface area contributed by atoms with Gasteiger partial charge in [-0.15, -0.1) is 11.3 Å². The number of nitrogens with one attached hydrogen (secondary N) is 1. The molecular weight excluding hydrogens is 384 g/mol. The van der Waals surface area contributed by atoms with Gasteiger partial charge in [0.15, 0.2) is 21.5 Å². The minimum absolute atomic E-state index is 0.115. The number of benzene rings is 1. The Kier molecular flexibility index (Phi) is 5.19. The smallest absolute Gasteiger partial charge is 0.251 e. The van der Waals surface area contributed by atoms with Crippen LogP contribution in [0.15, 0.2) is 62.7 Å². The summed E-state index contributed by atoms with van der Waals surface area (Å²) in [6, 6.07) is 8.81. The third-order valence-corrected chi connectivity index (χ3v) is 7.13. The number of rotatable bonds is 6. The van der Waals surface area contributed by atoms with Crippen molar-refractivity contribution in [3.8, 4) is 0 Å². The van der Waals surface area contributed by atoms with Crippen LogP contribution in [0.25, 0.3) is 0 Å². The van der Waals surface area contributed by atoms with Gasteiger partial charge in [0.25, 0.3) is 5.91 Å². The van der Waals surface area contributed by atoms with Crippen LogP contribution in [0.3, 0.4) is 0 Å². The summed E-state index contributed by atoms with van der Waals surface area (Å²) in [5.41, 5.74) is -0.115. The number of hydrogen-bond acceptors (Lipinski definition) is 5. The van der Waals surface area contributed by atoms with E-state index in [0.29, 0.717) is 0 Å². The van der Waals surface area contributed by atoms with E-state index in [2.05, 4.69) is 5.32 Å². The van der Waals surface area contributed by atoms with Gasteiger partial charge in [-0.2, -0.15) is 0 Å². The van der Waals surface area contributed by atoms with Gasteiger partial charge in [0, 0.05) is 12.1 Å². The number of carbonyl (C=O) groups is 1. The molecule has 2 heterocycles. The largest absolute Gasteiger partial charge is 0.468 e. The van der Waals surface area contributed by atoms with Gasteiger partial charge in [0.05, 0.1) is 6.26 Å². The Morgan fingerprint density at radius 2 is 1.96 bits per heavy atom. The van der Waals surface area contributed by atoms with Gasteiger partial charge in [-0.05, 0) is 41.8 Å². The molecule has 0 bridgehead atoms. The van der Waals surface area contributed by atoms with Gasteiger partial charge in [-0.3, -0.25) is 4.79 Å². The second-order valence-corrected chi connectivity index (χ2v) is 8.63. The van der Waals surface area contributed by atoms with E-state index in [9.17, 15) is 22.0 Å². The summed E-state index contributed by atoms with van der Waals surface area (Å²) in [5.74, 6) is -2.78. The molecule has 5 nitrogen and oxygen atoms in total. The van der Waals surface area contributed by atoms with E-state index in [4.69, 9.17) is 4.42 Å². The summed E-state index contributed by atoms with van der Waals surface area (Å²) in [7, 11) is -3.80. The number of sulfone groups is 1. The summed E-state index contributed by atoms with van der Waals surface area (Å²) in [4.78, 5) is 12.2. The molecule has 0 radical (unpaired) electrons. The Balaban J connectivity index is 1.83. The first-order chi connectivity index (χ1) is 12.4. The Hall–Kier alpha value is -2.52. The molecule has 0 fully saturated rings. The van der Waals surface area contributed by atoms with Crippen LogP contribution < -0.4 is 5.32 Å².